The second-order valence-electron chi connectivity index (χ2n) is 3.50. The number of hydrogen-bond acceptors (Lipinski definition) is 3. The fourth-order valence-corrected chi connectivity index (χ4v) is 1.20. The van der Waals surface area contributed by atoms with Gasteiger partial charge in [-0.25, -0.2) is 9.69 Å². The summed E-state index contributed by atoms with van der Waals surface area (Å²) in [4.78, 5) is 23.5. The highest BCUT2D eigenvalue weighted by Crippen LogP contribution is 2.05. The summed E-state index contributed by atoms with van der Waals surface area (Å²) in [5, 5.41) is 0. The second kappa shape index (κ2) is 5.34. The number of imide groups is 1. The number of allylic oxidation sites excluding steroid dienone is 2. The first-order valence-corrected chi connectivity index (χ1v) is 4.90. The number of carbonyl (C=O) groups excluding carboxylic acids is 2. The Bertz CT molecular complexity index is 307. The van der Waals surface area contributed by atoms with Crippen molar-refractivity contribution in [3.05, 3.63) is 24.3 Å². The first-order valence-electron chi connectivity index (χ1n) is 4.90. The van der Waals surface area contributed by atoms with Gasteiger partial charge in [-0.2, -0.15) is 0 Å². The van der Waals surface area contributed by atoms with Gasteiger partial charge in [0.05, 0.1) is 6.54 Å². The van der Waals surface area contributed by atoms with E-state index < -0.39 is 6.09 Å². The van der Waals surface area contributed by atoms with Gasteiger partial charge in [-0.1, -0.05) is 11.6 Å². The predicted molar refractivity (Wildman–Crippen MR) is 56.2 cm³/mol. The summed E-state index contributed by atoms with van der Waals surface area (Å²) in [6.45, 7) is 6.34. The lowest BCUT2D eigenvalue weighted by atomic mass is 10.2. The van der Waals surface area contributed by atoms with Crippen LogP contribution in [0.2, 0.25) is 0 Å². The SMILES string of the molecule is C=C(C)CC/C=C/C(=O)N1CCOC1=O. The molecule has 4 heteroatoms. The highest BCUT2D eigenvalue weighted by molar-refractivity contribution is 5.99. The number of nitrogens with zero attached hydrogens (tertiary/aromatic N) is 1. The van der Waals surface area contributed by atoms with E-state index in [1.54, 1.807) is 6.08 Å². The summed E-state index contributed by atoms with van der Waals surface area (Å²) in [6.07, 6.45) is 4.24. The summed E-state index contributed by atoms with van der Waals surface area (Å²) < 4.78 is 4.65. The molecule has 1 aliphatic heterocycles. The third-order valence-corrected chi connectivity index (χ3v) is 2.03. The molecule has 0 bridgehead atoms. The summed E-state index contributed by atoms with van der Waals surface area (Å²) in [6, 6.07) is 0. The minimum Gasteiger partial charge on any atom is -0.447 e. The van der Waals surface area contributed by atoms with Gasteiger partial charge in [0.1, 0.15) is 6.61 Å². The van der Waals surface area contributed by atoms with E-state index in [0.29, 0.717) is 13.2 Å². The van der Waals surface area contributed by atoms with Crippen LogP contribution in [0.3, 0.4) is 0 Å². The maximum atomic E-state index is 11.4. The average molecular weight is 209 g/mol. The molecule has 4 nitrogen and oxygen atoms in total. The molecular weight excluding hydrogens is 194 g/mol. The number of cyclic esters (lactones) is 1. The summed E-state index contributed by atoms with van der Waals surface area (Å²) in [7, 11) is 0. The number of ether oxygens (including phenoxy) is 1. The molecule has 0 aromatic heterocycles. The molecule has 0 unspecified atom stereocenters. The Kier molecular flexibility index (Phi) is 4.09. The molecule has 2 amide bonds. The molecule has 0 atom stereocenters. The van der Waals surface area contributed by atoms with Crippen molar-refractivity contribution in [3.8, 4) is 0 Å². The van der Waals surface area contributed by atoms with Crippen molar-refractivity contribution in [1.82, 2.24) is 4.90 Å². The number of carbonyl (C=O) groups is 2. The molecule has 1 fully saturated rings. The van der Waals surface area contributed by atoms with E-state index >= 15 is 0 Å². The molecule has 0 radical (unpaired) electrons. The highest BCUT2D eigenvalue weighted by atomic mass is 16.6. The van der Waals surface area contributed by atoms with Gasteiger partial charge in [0.15, 0.2) is 0 Å². The number of rotatable bonds is 4. The van der Waals surface area contributed by atoms with E-state index in [2.05, 4.69) is 11.3 Å². The molecular formula is C11H15NO3. The molecule has 0 N–H and O–H groups in total. The maximum Gasteiger partial charge on any atom is 0.416 e. The van der Waals surface area contributed by atoms with Gasteiger partial charge < -0.3 is 4.74 Å². The van der Waals surface area contributed by atoms with E-state index in [9.17, 15) is 9.59 Å². The monoisotopic (exact) mass is 209 g/mol. The fourth-order valence-electron chi connectivity index (χ4n) is 1.20. The largest absolute Gasteiger partial charge is 0.447 e. The normalized spacial score (nSPS) is 15.8. The van der Waals surface area contributed by atoms with Crippen LogP contribution in [0.5, 0.6) is 0 Å². The van der Waals surface area contributed by atoms with E-state index in [4.69, 9.17) is 0 Å². The van der Waals surface area contributed by atoms with E-state index in [1.807, 2.05) is 6.92 Å². The topological polar surface area (TPSA) is 46.6 Å². The van der Waals surface area contributed by atoms with Crippen molar-refractivity contribution in [1.29, 1.82) is 0 Å². The van der Waals surface area contributed by atoms with Gasteiger partial charge in [-0.3, -0.25) is 4.79 Å². The van der Waals surface area contributed by atoms with E-state index in [1.165, 1.54) is 6.08 Å². The molecule has 1 heterocycles. The van der Waals surface area contributed by atoms with Gasteiger partial charge in [0.2, 0.25) is 0 Å². The third-order valence-electron chi connectivity index (χ3n) is 2.03. The zero-order chi connectivity index (χ0) is 11.3. The van der Waals surface area contributed by atoms with E-state index in [-0.39, 0.29) is 5.91 Å². The van der Waals surface area contributed by atoms with Gasteiger partial charge in [0.25, 0.3) is 5.91 Å². The standard InChI is InChI=1S/C11H15NO3/c1-9(2)5-3-4-6-10(13)12-7-8-15-11(12)14/h4,6H,1,3,5,7-8H2,2H3/b6-4+. The van der Waals surface area contributed by atoms with Gasteiger partial charge in [-0.15, -0.1) is 6.58 Å². The Hall–Kier alpha value is -1.58. The molecule has 1 saturated heterocycles. The van der Waals surface area contributed by atoms with Crippen LogP contribution in [0.4, 0.5) is 4.79 Å². The van der Waals surface area contributed by atoms with Crippen LogP contribution in [0.1, 0.15) is 19.8 Å². The van der Waals surface area contributed by atoms with Crippen LogP contribution in [-0.4, -0.2) is 30.1 Å². The van der Waals surface area contributed by atoms with Gasteiger partial charge in [0, 0.05) is 0 Å². The summed E-state index contributed by atoms with van der Waals surface area (Å²) in [5.74, 6) is -0.306. The Balaban J connectivity index is 2.34. The lowest BCUT2D eigenvalue weighted by Gasteiger charge is -2.06. The lowest BCUT2D eigenvalue weighted by molar-refractivity contribution is -0.122. The number of amides is 2. The molecule has 1 rings (SSSR count). The quantitative estimate of drug-likeness (QED) is 0.524. The summed E-state index contributed by atoms with van der Waals surface area (Å²) >= 11 is 0. The molecule has 15 heavy (non-hydrogen) atoms. The number of hydrogen-bond donors (Lipinski definition) is 0. The minimum absolute atomic E-state index is 0.296. The summed E-state index contributed by atoms with van der Waals surface area (Å²) in [5.41, 5.74) is 1.08. The van der Waals surface area contributed by atoms with Crippen molar-refractivity contribution in [2.45, 2.75) is 19.8 Å². The fraction of sp³-hybridized carbons (Fsp3) is 0.455. The van der Waals surface area contributed by atoms with Crippen LogP contribution in [0.25, 0.3) is 0 Å². The molecule has 0 saturated carbocycles. The highest BCUT2D eigenvalue weighted by Gasteiger charge is 2.26. The van der Waals surface area contributed by atoms with Crippen molar-refractivity contribution >= 4 is 12.0 Å². The van der Waals surface area contributed by atoms with Crippen molar-refractivity contribution in [3.63, 3.8) is 0 Å². The van der Waals surface area contributed by atoms with Crippen LogP contribution >= 0.6 is 0 Å². The zero-order valence-electron chi connectivity index (χ0n) is 8.86. The van der Waals surface area contributed by atoms with Crippen LogP contribution in [0, 0.1) is 0 Å². The van der Waals surface area contributed by atoms with Crippen molar-refractivity contribution in [2.24, 2.45) is 0 Å². The molecule has 0 aliphatic carbocycles. The van der Waals surface area contributed by atoms with Crippen LogP contribution in [0.15, 0.2) is 24.3 Å². The Morgan fingerprint density at radius 1 is 1.67 bits per heavy atom. The molecule has 82 valence electrons. The maximum absolute atomic E-state index is 11.4. The second-order valence-corrected chi connectivity index (χ2v) is 3.50. The average Bonchev–Trinajstić information content (AvgIpc) is 2.58. The molecule has 0 spiro atoms. The third kappa shape index (κ3) is 3.58. The van der Waals surface area contributed by atoms with Gasteiger partial charge >= 0.3 is 6.09 Å². The van der Waals surface area contributed by atoms with E-state index in [0.717, 1.165) is 23.3 Å². The molecule has 1 aliphatic rings. The van der Waals surface area contributed by atoms with Crippen LogP contribution < -0.4 is 0 Å². The Morgan fingerprint density at radius 2 is 2.40 bits per heavy atom. The Labute approximate surface area is 89.2 Å². The molecule has 0 aromatic rings. The van der Waals surface area contributed by atoms with Crippen LogP contribution in [-0.2, 0) is 9.53 Å². The first kappa shape index (κ1) is 11.5. The van der Waals surface area contributed by atoms with Crippen molar-refractivity contribution < 1.29 is 14.3 Å². The smallest absolute Gasteiger partial charge is 0.416 e. The lowest BCUT2D eigenvalue weighted by Crippen LogP contribution is -2.29. The van der Waals surface area contributed by atoms with Gasteiger partial charge in [-0.05, 0) is 25.8 Å². The zero-order valence-corrected chi connectivity index (χ0v) is 8.86. The first-order chi connectivity index (χ1) is 7.11. The molecule has 0 aromatic carbocycles. The minimum atomic E-state index is -0.551. The predicted octanol–water partition coefficient (Wildman–Crippen LogP) is 1.88. The Morgan fingerprint density at radius 3 is 2.93 bits per heavy atom. The van der Waals surface area contributed by atoms with Crippen molar-refractivity contribution in [2.75, 3.05) is 13.2 Å².